The third-order valence-corrected chi connectivity index (χ3v) is 5.80. The molecular weight excluding hydrogens is 244 g/mol. The summed E-state index contributed by atoms with van der Waals surface area (Å²) < 4.78 is 5.56. The van der Waals surface area contributed by atoms with Gasteiger partial charge in [-0.3, -0.25) is 4.79 Å². The molecule has 3 aliphatic rings. The number of hydrogen-bond acceptors (Lipinski definition) is 4. The van der Waals surface area contributed by atoms with Gasteiger partial charge in [0.2, 0.25) is 0 Å². The number of fused-ring (bicyclic) bond motifs is 3. The topological polar surface area (TPSA) is 66.8 Å². The van der Waals surface area contributed by atoms with E-state index in [1.54, 1.807) is 0 Å². The molecule has 106 valence electrons. The van der Waals surface area contributed by atoms with Crippen LogP contribution < -0.4 is 0 Å². The third kappa shape index (κ3) is 1.56. The zero-order valence-electron chi connectivity index (χ0n) is 11.5. The molecule has 1 saturated heterocycles. The number of hydrogen-bond donors (Lipinski definition) is 2. The summed E-state index contributed by atoms with van der Waals surface area (Å²) >= 11 is 0. The highest BCUT2D eigenvalue weighted by Gasteiger charge is 2.62. The summed E-state index contributed by atoms with van der Waals surface area (Å²) in [6.45, 7) is 7.88. The van der Waals surface area contributed by atoms with E-state index in [1.165, 1.54) is 0 Å². The number of carbonyl (C=O) groups is 1. The fourth-order valence-electron chi connectivity index (χ4n) is 4.40. The van der Waals surface area contributed by atoms with Gasteiger partial charge in [0, 0.05) is 17.3 Å². The maximum Gasteiger partial charge on any atom is 0.309 e. The standard InChI is InChI=1S/C15H22O4/c1-7-4-5-10(16)15(3)11(17)6-9-8(2)14(18)19-13(9)12(7)15/h8-13,16-17H,1,4-6H2,2-3H3/t8-,9?,10+,11-,12+,13-,15+/m0/s1. The Balaban J connectivity index is 2.03. The van der Waals surface area contributed by atoms with Crippen LogP contribution in [0.4, 0.5) is 0 Å². The highest BCUT2D eigenvalue weighted by Crippen LogP contribution is 2.57. The lowest BCUT2D eigenvalue weighted by Crippen LogP contribution is -2.60. The predicted octanol–water partition coefficient (Wildman–Crippen LogP) is 1.26. The molecule has 4 nitrogen and oxygen atoms in total. The fourth-order valence-corrected chi connectivity index (χ4v) is 4.40. The molecule has 1 unspecified atom stereocenters. The summed E-state index contributed by atoms with van der Waals surface area (Å²) in [7, 11) is 0. The summed E-state index contributed by atoms with van der Waals surface area (Å²) in [6, 6.07) is 0. The summed E-state index contributed by atoms with van der Waals surface area (Å²) in [4.78, 5) is 11.8. The number of ether oxygens (including phenoxy) is 1. The first-order chi connectivity index (χ1) is 8.87. The predicted molar refractivity (Wildman–Crippen MR) is 69.1 cm³/mol. The molecule has 0 radical (unpaired) electrons. The Kier molecular flexibility index (Phi) is 2.81. The van der Waals surface area contributed by atoms with Crippen LogP contribution in [0.15, 0.2) is 12.2 Å². The second kappa shape index (κ2) is 4.06. The second-order valence-electron chi connectivity index (χ2n) is 6.66. The lowest BCUT2D eigenvalue weighted by molar-refractivity contribution is -0.175. The summed E-state index contributed by atoms with van der Waals surface area (Å²) in [6.07, 6.45) is 0.497. The molecule has 0 aromatic rings. The smallest absolute Gasteiger partial charge is 0.309 e. The van der Waals surface area contributed by atoms with Crippen molar-refractivity contribution in [2.24, 2.45) is 23.2 Å². The quantitative estimate of drug-likeness (QED) is 0.512. The molecule has 0 amide bonds. The molecule has 3 fully saturated rings. The van der Waals surface area contributed by atoms with Crippen LogP contribution in [-0.2, 0) is 9.53 Å². The molecule has 4 heteroatoms. The van der Waals surface area contributed by atoms with Crippen molar-refractivity contribution in [3.63, 3.8) is 0 Å². The Morgan fingerprint density at radius 2 is 2.05 bits per heavy atom. The van der Waals surface area contributed by atoms with E-state index in [2.05, 4.69) is 6.58 Å². The zero-order chi connectivity index (χ0) is 13.9. The molecule has 0 spiro atoms. The fraction of sp³-hybridized carbons (Fsp3) is 0.800. The third-order valence-electron chi connectivity index (χ3n) is 5.80. The van der Waals surface area contributed by atoms with Crippen LogP contribution in [0.5, 0.6) is 0 Å². The summed E-state index contributed by atoms with van der Waals surface area (Å²) in [5, 5.41) is 20.9. The van der Waals surface area contributed by atoms with Crippen molar-refractivity contribution >= 4 is 5.97 Å². The second-order valence-corrected chi connectivity index (χ2v) is 6.66. The van der Waals surface area contributed by atoms with E-state index in [0.717, 1.165) is 12.0 Å². The molecule has 7 atom stereocenters. The maximum absolute atomic E-state index is 11.8. The lowest BCUT2D eigenvalue weighted by Gasteiger charge is -2.55. The number of rotatable bonds is 0. The zero-order valence-corrected chi connectivity index (χ0v) is 11.5. The van der Waals surface area contributed by atoms with Gasteiger partial charge in [0.25, 0.3) is 0 Å². The van der Waals surface area contributed by atoms with Crippen molar-refractivity contribution in [3.05, 3.63) is 12.2 Å². The first-order valence-corrected chi connectivity index (χ1v) is 7.11. The van der Waals surface area contributed by atoms with E-state index in [1.807, 2.05) is 13.8 Å². The largest absolute Gasteiger partial charge is 0.461 e. The molecule has 3 rings (SSSR count). The van der Waals surface area contributed by atoms with Crippen molar-refractivity contribution in [1.29, 1.82) is 0 Å². The maximum atomic E-state index is 11.8. The van der Waals surface area contributed by atoms with Gasteiger partial charge in [0.15, 0.2) is 0 Å². The SMILES string of the molecule is C=C1CC[C@@H](O)[C@@]2(C)[C@H]1[C@H]1OC(=O)[C@@H](C)C1C[C@@H]2O. The van der Waals surface area contributed by atoms with Gasteiger partial charge in [-0.2, -0.15) is 0 Å². The van der Waals surface area contributed by atoms with Gasteiger partial charge >= 0.3 is 5.97 Å². The summed E-state index contributed by atoms with van der Waals surface area (Å²) in [5.74, 6) is -0.433. The van der Waals surface area contributed by atoms with Gasteiger partial charge in [-0.15, -0.1) is 0 Å². The molecule has 0 bridgehead atoms. The van der Waals surface area contributed by atoms with E-state index in [-0.39, 0.29) is 29.8 Å². The Hall–Kier alpha value is -0.870. The van der Waals surface area contributed by atoms with E-state index in [4.69, 9.17) is 4.74 Å². The average molecular weight is 266 g/mol. The molecule has 0 aromatic carbocycles. The molecule has 2 aliphatic carbocycles. The first-order valence-electron chi connectivity index (χ1n) is 7.11. The summed E-state index contributed by atoms with van der Waals surface area (Å²) in [5.41, 5.74) is 0.365. The Labute approximate surface area is 113 Å². The van der Waals surface area contributed by atoms with Gasteiger partial charge in [-0.1, -0.05) is 26.0 Å². The normalized spacial score (nSPS) is 53.5. The van der Waals surface area contributed by atoms with Crippen LogP contribution in [0.3, 0.4) is 0 Å². The minimum Gasteiger partial charge on any atom is -0.461 e. The lowest BCUT2D eigenvalue weighted by atomic mass is 9.52. The van der Waals surface area contributed by atoms with Crippen LogP contribution in [0.2, 0.25) is 0 Å². The van der Waals surface area contributed by atoms with Crippen molar-refractivity contribution in [1.82, 2.24) is 0 Å². The highest BCUT2D eigenvalue weighted by atomic mass is 16.6. The van der Waals surface area contributed by atoms with E-state index in [0.29, 0.717) is 12.8 Å². The van der Waals surface area contributed by atoms with Gasteiger partial charge in [0.05, 0.1) is 18.1 Å². The minimum atomic E-state index is -0.638. The van der Waals surface area contributed by atoms with Crippen LogP contribution in [0.25, 0.3) is 0 Å². The number of aliphatic hydroxyl groups is 2. The van der Waals surface area contributed by atoms with Gasteiger partial charge < -0.3 is 14.9 Å². The van der Waals surface area contributed by atoms with E-state index < -0.39 is 17.6 Å². The Morgan fingerprint density at radius 3 is 2.74 bits per heavy atom. The van der Waals surface area contributed by atoms with Crippen molar-refractivity contribution in [2.75, 3.05) is 0 Å². The molecule has 0 aromatic heterocycles. The van der Waals surface area contributed by atoms with Crippen LogP contribution in [0, 0.1) is 23.2 Å². The van der Waals surface area contributed by atoms with E-state index in [9.17, 15) is 15.0 Å². The van der Waals surface area contributed by atoms with Gasteiger partial charge in [-0.25, -0.2) is 0 Å². The molecule has 2 saturated carbocycles. The van der Waals surface area contributed by atoms with Gasteiger partial charge in [0.1, 0.15) is 6.10 Å². The van der Waals surface area contributed by atoms with Crippen molar-refractivity contribution in [3.8, 4) is 0 Å². The van der Waals surface area contributed by atoms with E-state index >= 15 is 0 Å². The van der Waals surface area contributed by atoms with Crippen LogP contribution in [0.1, 0.15) is 33.1 Å². The average Bonchev–Trinajstić information content (AvgIpc) is 2.62. The van der Waals surface area contributed by atoms with Crippen LogP contribution in [-0.4, -0.2) is 34.5 Å². The van der Waals surface area contributed by atoms with Crippen LogP contribution >= 0.6 is 0 Å². The van der Waals surface area contributed by atoms with Crippen molar-refractivity contribution in [2.45, 2.75) is 51.4 Å². The highest BCUT2D eigenvalue weighted by molar-refractivity contribution is 5.75. The van der Waals surface area contributed by atoms with Gasteiger partial charge in [-0.05, 0) is 19.3 Å². The molecule has 19 heavy (non-hydrogen) atoms. The first kappa shape index (κ1) is 13.1. The Bertz CT molecular complexity index is 432. The molecule has 1 aliphatic heterocycles. The number of aliphatic hydroxyl groups excluding tert-OH is 2. The molecular formula is C15H22O4. The minimum absolute atomic E-state index is 0.0441. The molecule has 2 N–H and O–H groups in total. The Morgan fingerprint density at radius 1 is 1.37 bits per heavy atom. The monoisotopic (exact) mass is 266 g/mol. The number of carbonyl (C=O) groups excluding carboxylic acids is 1. The molecule has 1 heterocycles. The van der Waals surface area contributed by atoms with Crippen molar-refractivity contribution < 1.29 is 19.7 Å². The number of esters is 1.